The van der Waals surface area contributed by atoms with Crippen LogP contribution in [0.3, 0.4) is 0 Å². The third kappa shape index (κ3) is 3.59. The maximum atomic E-state index is 10.6. The van der Waals surface area contributed by atoms with E-state index in [1.807, 2.05) is 0 Å². The van der Waals surface area contributed by atoms with Gasteiger partial charge in [0.05, 0.1) is 4.90 Å². The van der Waals surface area contributed by atoms with Crippen molar-refractivity contribution in [1.82, 2.24) is 0 Å². The van der Waals surface area contributed by atoms with Gasteiger partial charge in [-0.25, -0.2) is 0 Å². The Labute approximate surface area is 91.0 Å². The molecule has 7 heteroatoms. The van der Waals surface area contributed by atoms with Crippen LogP contribution in [0.2, 0.25) is 0 Å². The van der Waals surface area contributed by atoms with Gasteiger partial charge in [0, 0.05) is 5.30 Å². The van der Waals surface area contributed by atoms with Crippen molar-refractivity contribution in [2.24, 2.45) is 0 Å². The third-order valence-electron chi connectivity index (χ3n) is 1.22. The molecule has 0 aliphatic rings. The van der Waals surface area contributed by atoms with Gasteiger partial charge in [-0.15, -0.1) is 0 Å². The molecule has 4 nitrogen and oxygen atoms in total. The molecule has 0 bridgehead atoms. The Morgan fingerprint density at radius 1 is 1.38 bits per heavy atom. The Balaban J connectivity index is 0. The van der Waals surface area contributed by atoms with Gasteiger partial charge >= 0.3 is 18.9 Å². The van der Waals surface area contributed by atoms with E-state index in [1.165, 1.54) is 18.2 Å². The van der Waals surface area contributed by atoms with Gasteiger partial charge < -0.3 is 1.43 Å². The van der Waals surface area contributed by atoms with Crippen LogP contribution >= 0.6 is 8.46 Å². The van der Waals surface area contributed by atoms with Crippen molar-refractivity contribution >= 4 is 23.9 Å². The Morgan fingerprint density at radius 3 is 2.46 bits per heavy atom. The average Bonchev–Trinajstić information content (AvgIpc) is 2.03. The smallest absolute Gasteiger partial charge is 1.00 e. The fourth-order valence-corrected chi connectivity index (χ4v) is 1.65. The molecule has 0 fully saturated rings. The molecule has 0 aliphatic heterocycles. The number of rotatable bonds is 2. The summed E-state index contributed by atoms with van der Waals surface area (Å²) < 4.78 is 40.0. The fraction of sp³-hybridized carbons (Fsp3) is 0. The molecule has 1 rings (SSSR count). The molecule has 0 saturated carbocycles. The quantitative estimate of drug-likeness (QED) is 0.348. The topological polar surface area (TPSA) is 71.4 Å². The number of hydrogen-bond acceptors (Lipinski definition) is 3. The van der Waals surface area contributed by atoms with Gasteiger partial charge in [-0.3, -0.25) is 9.12 Å². The Morgan fingerprint density at radius 2 is 2.00 bits per heavy atom. The van der Waals surface area contributed by atoms with E-state index in [1.54, 1.807) is 0 Å². The van der Waals surface area contributed by atoms with Crippen LogP contribution in [0.5, 0.6) is 0 Å². The zero-order chi connectivity index (χ0) is 9.19. The minimum Gasteiger partial charge on any atom is -1.00 e. The number of benzene rings is 1. The standard InChI is InChI=1S/C6H5O4PS.Li.H/c7-11-5-2-1-3-6(4-5)12(8,9)10;;/h1-4H,(H,8,9,10);;/q;+1;-1. The van der Waals surface area contributed by atoms with Gasteiger partial charge in [0.25, 0.3) is 10.1 Å². The van der Waals surface area contributed by atoms with Crippen LogP contribution in [0.4, 0.5) is 0 Å². The molecule has 13 heavy (non-hydrogen) atoms. The predicted molar refractivity (Wildman–Crippen MR) is 44.6 cm³/mol. The molecular formula is C6H6LiO4PS. The van der Waals surface area contributed by atoms with Crippen LogP contribution in [-0.4, -0.2) is 13.0 Å². The largest absolute Gasteiger partial charge is 1.00 e. The van der Waals surface area contributed by atoms with E-state index >= 15 is 0 Å². The average molecular weight is 212 g/mol. The second kappa shape index (κ2) is 4.90. The van der Waals surface area contributed by atoms with E-state index in [0.717, 1.165) is 6.07 Å². The third-order valence-corrected chi connectivity index (χ3v) is 2.56. The summed E-state index contributed by atoms with van der Waals surface area (Å²) in [6.07, 6.45) is 0. The second-order valence-electron chi connectivity index (χ2n) is 2.06. The van der Waals surface area contributed by atoms with Crippen LogP contribution in [0.25, 0.3) is 0 Å². The first-order chi connectivity index (χ1) is 5.54. The Kier molecular flexibility index (Phi) is 4.83. The molecule has 1 N–H and O–H groups in total. The summed E-state index contributed by atoms with van der Waals surface area (Å²) in [7, 11) is -4.45. The summed E-state index contributed by atoms with van der Waals surface area (Å²) in [5, 5.41) is 0.310. The summed E-state index contributed by atoms with van der Waals surface area (Å²) >= 11 is 0. The van der Waals surface area contributed by atoms with Crippen molar-refractivity contribution in [3.8, 4) is 0 Å². The van der Waals surface area contributed by atoms with Crippen molar-refractivity contribution in [3.05, 3.63) is 24.3 Å². The van der Waals surface area contributed by atoms with Gasteiger partial charge in [-0.05, 0) is 18.2 Å². The van der Waals surface area contributed by atoms with Crippen LogP contribution < -0.4 is 24.2 Å². The van der Waals surface area contributed by atoms with Crippen molar-refractivity contribution in [2.45, 2.75) is 4.90 Å². The predicted octanol–water partition coefficient (Wildman–Crippen LogP) is -2.03. The molecule has 0 atom stereocenters. The van der Waals surface area contributed by atoms with E-state index < -0.39 is 10.1 Å². The van der Waals surface area contributed by atoms with Crippen LogP contribution in [0.15, 0.2) is 29.2 Å². The fourth-order valence-electron chi connectivity index (χ4n) is 0.701. The molecule has 0 spiro atoms. The molecule has 0 saturated heterocycles. The van der Waals surface area contributed by atoms with Gasteiger partial charge in [-0.2, -0.15) is 8.42 Å². The maximum absolute atomic E-state index is 10.6. The van der Waals surface area contributed by atoms with E-state index in [0.29, 0.717) is 5.30 Å². The zero-order valence-corrected chi connectivity index (χ0v) is 8.55. The molecular weight excluding hydrogens is 206 g/mol. The minimum atomic E-state index is -4.18. The van der Waals surface area contributed by atoms with Crippen molar-refractivity contribution < 1.29 is 37.8 Å². The van der Waals surface area contributed by atoms with E-state index in [9.17, 15) is 13.0 Å². The molecule has 1 aromatic rings. The summed E-state index contributed by atoms with van der Waals surface area (Å²) in [4.78, 5) is -0.247. The molecule has 0 unspecified atom stereocenters. The first-order valence-corrected chi connectivity index (χ1v) is 5.20. The van der Waals surface area contributed by atoms with Crippen LogP contribution in [0, 0.1) is 0 Å². The summed E-state index contributed by atoms with van der Waals surface area (Å²) in [5.74, 6) is 0. The number of hydrogen-bond donors (Lipinski definition) is 1. The first-order valence-electron chi connectivity index (χ1n) is 2.95. The zero-order valence-electron chi connectivity index (χ0n) is 7.84. The molecule has 0 radical (unpaired) electrons. The second-order valence-corrected chi connectivity index (χ2v) is 4.18. The Bertz CT molecular complexity index is 408. The van der Waals surface area contributed by atoms with Gasteiger partial charge in [0.2, 0.25) is 0 Å². The van der Waals surface area contributed by atoms with E-state index in [2.05, 4.69) is 0 Å². The van der Waals surface area contributed by atoms with Gasteiger partial charge in [0.15, 0.2) is 8.46 Å². The van der Waals surface area contributed by atoms with E-state index in [-0.39, 0.29) is 33.6 Å². The van der Waals surface area contributed by atoms with Gasteiger partial charge in [0.1, 0.15) is 0 Å². The molecule has 66 valence electrons. The molecule has 0 heterocycles. The molecule has 0 aliphatic carbocycles. The summed E-state index contributed by atoms with van der Waals surface area (Å²) in [5.41, 5.74) is 0. The minimum absolute atomic E-state index is 0. The van der Waals surface area contributed by atoms with Crippen LogP contribution in [0.1, 0.15) is 1.43 Å². The maximum Gasteiger partial charge on any atom is 1.00 e. The van der Waals surface area contributed by atoms with Crippen molar-refractivity contribution in [1.29, 1.82) is 0 Å². The monoisotopic (exact) mass is 212 g/mol. The summed E-state index contributed by atoms with van der Waals surface area (Å²) in [6.45, 7) is 0. The van der Waals surface area contributed by atoms with Crippen molar-refractivity contribution in [2.75, 3.05) is 0 Å². The van der Waals surface area contributed by atoms with Gasteiger partial charge in [-0.1, -0.05) is 6.07 Å². The normalized spacial score (nSPS) is 10.8. The SMILES string of the molecule is O=Pc1cccc(S(=O)(=O)O)c1.[H-].[Li+]. The Hall–Kier alpha value is -0.173. The van der Waals surface area contributed by atoms with E-state index in [4.69, 9.17) is 4.55 Å². The first kappa shape index (κ1) is 12.8. The van der Waals surface area contributed by atoms with Crippen molar-refractivity contribution in [3.63, 3.8) is 0 Å². The molecule has 1 aromatic carbocycles. The molecule has 0 amide bonds. The van der Waals surface area contributed by atoms with Crippen LogP contribution in [-0.2, 0) is 14.7 Å². The summed E-state index contributed by atoms with van der Waals surface area (Å²) in [6, 6.07) is 5.26. The molecule has 0 aromatic heterocycles.